The van der Waals surface area contributed by atoms with Crippen LogP contribution in [0.5, 0.6) is 5.75 Å². The maximum atomic E-state index is 13.1. The fourth-order valence-corrected chi connectivity index (χ4v) is 4.52. The van der Waals surface area contributed by atoms with Gasteiger partial charge in [0, 0.05) is 18.7 Å². The number of aliphatic hydroxyl groups is 1. The minimum absolute atomic E-state index is 0.0542. The van der Waals surface area contributed by atoms with E-state index in [0.717, 1.165) is 24.0 Å². The number of aliphatic hydroxyl groups excluding tert-OH is 1. The van der Waals surface area contributed by atoms with Crippen LogP contribution in [0.15, 0.2) is 48.0 Å². The highest BCUT2D eigenvalue weighted by Crippen LogP contribution is 2.41. The molecule has 2 heterocycles. The highest BCUT2D eigenvalue weighted by molar-refractivity contribution is 6.46. The van der Waals surface area contributed by atoms with Crippen LogP contribution in [0.3, 0.4) is 0 Å². The van der Waals surface area contributed by atoms with E-state index in [9.17, 15) is 14.7 Å². The second kappa shape index (κ2) is 8.73. The summed E-state index contributed by atoms with van der Waals surface area (Å²) in [7, 11) is 1.50. The molecule has 2 aliphatic heterocycles. The number of Topliss-reactive ketones (excluding diaryl/α,β-unsaturated/α-hetero) is 1. The highest BCUT2D eigenvalue weighted by atomic mass is 35.5. The van der Waals surface area contributed by atoms with Gasteiger partial charge in [-0.25, -0.2) is 0 Å². The van der Waals surface area contributed by atoms with E-state index in [1.807, 2.05) is 31.2 Å². The van der Waals surface area contributed by atoms with Crippen molar-refractivity contribution in [2.45, 2.75) is 31.9 Å². The minimum atomic E-state index is -0.712. The molecule has 2 fully saturated rings. The van der Waals surface area contributed by atoms with Crippen LogP contribution in [0.2, 0.25) is 5.02 Å². The first-order chi connectivity index (χ1) is 14.9. The van der Waals surface area contributed by atoms with E-state index in [-0.39, 0.29) is 17.4 Å². The van der Waals surface area contributed by atoms with Crippen LogP contribution in [-0.2, 0) is 14.3 Å². The Bertz CT molecular complexity index is 1060. The Morgan fingerprint density at radius 1 is 1.26 bits per heavy atom. The van der Waals surface area contributed by atoms with Crippen LogP contribution in [0.1, 0.15) is 35.6 Å². The van der Waals surface area contributed by atoms with E-state index in [2.05, 4.69) is 0 Å². The molecule has 162 valence electrons. The molecule has 0 saturated carbocycles. The molecule has 6 nitrogen and oxygen atoms in total. The number of carbonyl (C=O) groups is 2. The molecule has 4 rings (SSSR count). The van der Waals surface area contributed by atoms with Gasteiger partial charge in [-0.15, -0.1) is 0 Å². The summed E-state index contributed by atoms with van der Waals surface area (Å²) in [5.74, 6) is -1.15. The molecule has 2 atom stereocenters. The number of nitrogens with zero attached hydrogens (tertiary/aromatic N) is 1. The Balaban J connectivity index is 1.85. The number of hydrogen-bond donors (Lipinski definition) is 1. The smallest absolute Gasteiger partial charge is 0.295 e. The monoisotopic (exact) mass is 441 g/mol. The molecule has 2 aromatic carbocycles. The van der Waals surface area contributed by atoms with Crippen LogP contribution in [0, 0.1) is 6.92 Å². The first kappa shape index (κ1) is 21.4. The highest BCUT2D eigenvalue weighted by Gasteiger charge is 2.47. The molecule has 2 saturated heterocycles. The zero-order valence-corrected chi connectivity index (χ0v) is 18.2. The first-order valence-corrected chi connectivity index (χ1v) is 10.6. The van der Waals surface area contributed by atoms with E-state index < -0.39 is 17.7 Å². The lowest BCUT2D eigenvalue weighted by Crippen LogP contribution is -2.36. The SMILES string of the molecule is COc1ccc(/C(O)=C2\C(=O)C(=O)N(CC3CCCO3)C2c2ccccc2C)cc1Cl. The number of benzene rings is 2. The molecule has 2 unspecified atom stereocenters. The van der Waals surface area contributed by atoms with Gasteiger partial charge in [0.1, 0.15) is 11.5 Å². The van der Waals surface area contributed by atoms with Crippen LogP contribution in [-0.4, -0.2) is 48.1 Å². The number of likely N-dealkylation sites (tertiary alicyclic amines) is 1. The van der Waals surface area contributed by atoms with Gasteiger partial charge in [0.25, 0.3) is 11.7 Å². The number of rotatable bonds is 5. The number of ether oxygens (including phenoxy) is 2. The van der Waals surface area contributed by atoms with Gasteiger partial charge in [-0.3, -0.25) is 9.59 Å². The molecule has 0 aliphatic carbocycles. The molecule has 1 amide bonds. The molecule has 0 radical (unpaired) electrons. The van der Waals surface area contributed by atoms with E-state index in [1.165, 1.54) is 18.1 Å². The first-order valence-electron chi connectivity index (χ1n) is 10.2. The molecule has 2 aliphatic rings. The molecule has 7 heteroatoms. The van der Waals surface area contributed by atoms with Crippen molar-refractivity contribution in [3.8, 4) is 5.75 Å². The molecular formula is C24H24ClNO5. The van der Waals surface area contributed by atoms with Crippen molar-refractivity contribution in [1.82, 2.24) is 4.90 Å². The van der Waals surface area contributed by atoms with Crippen molar-refractivity contribution >= 4 is 29.1 Å². The summed E-state index contributed by atoms with van der Waals surface area (Å²) in [6.45, 7) is 2.86. The maximum absolute atomic E-state index is 13.1. The summed E-state index contributed by atoms with van der Waals surface area (Å²) < 4.78 is 10.9. The summed E-state index contributed by atoms with van der Waals surface area (Å²) >= 11 is 6.23. The van der Waals surface area contributed by atoms with Crippen LogP contribution < -0.4 is 4.74 Å². The predicted octanol–water partition coefficient (Wildman–Crippen LogP) is 4.26. The van der Waals surface area contributed by atoms with Crippen LogP contribution >= 0.6 is 11.6 Å². The lowest BCUT2D eigenvalue weighted by Gasteiger charge is -2.28. The van der Waals surface area contributed by atoms with E-state index >= 15 is 0 Å². The Kier molecular flexibility index (Phi) is 6.03. The molecule has 1 N–H and O–H groups in total. The third-order valence-corrected chi connectivity index (χ3v) is 6.17. The van der Waals surface area contributed by atoms with Gasteiger partial charge >= 0.3 is 0 Å². The van der Waals surface area contributed by atoms with Crippen molar-refractivity contribution in [2.75, 3.05) is 20.3 Å². The number of ketones is 1. The third-order valence-electron chi connectivity index (χ3n) is 5.87. The van der Waals surface area contributed by atoms with Crippen LogP contribution in [0.4, 0.5) is 0 Å². The molecule has 2 aromatic rings. The topological polar surface area (TPSA) is 76.1 Å². The fourth-order valence-electron chi connectivity index (χ4n) is 4.26. The van der Waals surface area contributed by atoms with Gasteiger partial charge in [-0.1, -0.05) is 35.9 Å². The van der Waals surface area contributed by atoms with E-state index in [4.69, 9.17) is 21.1 Å². The Hall–Kier alpha value is -2.83. The van der Waals surface area contributed by atoms with Gasteiger partial charge in [-0.05, 0) is 49.1 Å². The summed E-state index contributed by atoms with van der Waals surface area (Å²) in [6.07, 6.45) is 1.63. The zero-order chi connectivity index (χ0) is 22.1. The van der Waals surface area contributed by atoms with Gasteiger partial charge in [0.05, 0.1) is 29.9 Å². The Morgan fingerprint density at radius 3 is 2.68 bits per heavy atom. The summed E-state index contributed by atoms with van der Waals surface area (Å²) in [5, 5.41) is 11.4. The standard InChI is InChI=1S/C24H24ClNO5/c1-14-6-3-4-8-17(14)21-20(22(27)15-9-10-19(30-2)18(25)12-15)23(28)24(29)26(21)13-16-7-5-11-31-16/h3-4,6,8-10,12,16,21,27H,5,7,11,13H2,1-2H3/b22-20+. The summed E-state index contributed by atoms with van der Waals surface area (Å²) in [6, 6.07) is 11.6. The fraction of sp³-hybridized carbons (Fsp3) is 0.333. The van der Waals surface area contributed by atoms with Crippen molar-refractivity contribution in [3.63, 3.8) is 0 Å². The third kappa shape index (κ3) is 3.93. The lowest BCUT2D eigenvalue weighted by molar-refractivity contribution is -0.140. The second-order valence-electron chi connectivity index (χ2n) is 7.79. The Morgan fingerprint density at radius 2 is 2.03 bits per heavy atom. The number of methoxy groups -OCH3 is 1. The van der Waals surface area contributed by atoms with Gasteiger partial charge in [0.2, 0.25) is 0 Å². The molecule has 0 bridgehead atoms. The quantitative estimate of drug-likeness (QED) is 0.426. The average Bonchev–Trinajstić information content (AvgIpc) is 3.36. The number of hydrogen-bond acceptors (Lipinski definition) is 5. The van der Waals surface area contributed by atoms with Gasteiger partial charge in [0.15, 0.2) is 0 Å². The van der Waals surface area contributed by atoms with Gasteiger partial charge in [-0.2, -0.15) is 0 Å². The summed E-state index contributed by atoms with van der Waals surface area (Å²) in [4.78, 5) is 27.7. The summed E-state index contributed by atoms with van der Waals surface area (Å²) in [5.41, 5.74) is 2.12. The normalized spacial score (nSPS) is 22.9. The van der Waals surface area contributed by atoms with Gasteiger partial charge < -0.3 is 19.5 Å². The van der Waals surface area contributed by atoms with Crippen molar-refractivity contribution < 1.29 is 24.2 Å². The molecular weight excluding hydrogens is 418 g/mol. The molecule has 0 aromatic heterocycles. The maximum Gasteiger partial charge on any atom is 0.295 e. The lowest BCUT2D eigenvalue weighted by atomic mass is 9.92. The van der Waals surface area contributed by atoms with E-state index in [0.29, 0.717) is 29.5 Å². The molecule has 31 heavy (non-hydrogen) atoms. The Labute approximate surface area is 186 Å². The van der Waals surface area contributed by atoms with Crippen molar-refractivity contribution in [1.29, 1.82) is 0 Å². The van der Waals surface area contributed by atoms with Crippen molar-refractivity contribution in [3.05, 3.63) is 69.8 Å². The second-order valence-corrected chi connectivity index (χ2v) is 8.20. The van der Waals surface area contributed by atoms with Crippen LogP contribution in [0.25, 0.3) is 5.76 Å². The number of halogens is 1. The molecule has 0 spiro atoms. The number of carbonyl (C=O) groups excluding carboxylic acids is 2. The number of amides is 1. The van der Waals surface area contributed by atoms with E-state index in [1.54, 1.807) is 12.1 Å². The van der Waals surface area contributed by atoms with Crippen molar-refractivity contribution in [2.24, 2.45) is 0 Å². The number of aryl methyl sites for hydroxylation is 1. The zero-order valence-electron chi connectivity index (χ0n) is 17.4. The predicted molar refractivity (Wildman–Crippen MR) is 117 cm³/mol. The average molecular weight is 442 g/mol. The largest absolute Gasteiger partial charge is 0.507 e. The minimum Gasteiger partial charge on any atom is -0.507 e.